The Labute approximate surface area is 98.1 Å². The molecule has 0 amide bonds. The average molecular weight is 237 g/mol. The average Bonchev–Trinajstić information content (AvgIpc) is 2.73. The number of rotatable bonds is 1. The zero-order valence-electron chi connectivity index (χ0n) is 10.3. The van der Waals surface area contributed by atoms with Crippen molar-refractivity contribution in [2.75, 3.05) is 0 Å². The van der Waals surface area contributed by atoms with E-state index in [4.69, 9.17) is 4.52 Å². The van der Waals surface area contributed by atoms with E-state index in [9.17, 15) is 9.90 Å². The summed E-state index contributed by atoms with van der Waals surface area (Å²) in [6.07, 6.45) is 1.33. The van der Waals surface area contributed by atoms with Crippen LogP contribution in [0.25, 0.3) is 5.82 Å². The number of aromatic hydroxyl groups is 1. The first-order valence-corrected chi connectivity index (χ1v) is 5.25. The second-order valence-corrected chi connectivity index (χ2v) is 5.02. The van der Waals surface area contributed by atoms with E-state index in [1.165, 1.54) is 10.8 Å². The maximum atomic E-state index is 11.7. The zero-order valence-corrected chi connectivity index (χ0v) is 10.3. The van der Waals surface area contributed by atoms with E-state index in [1.807, 2.05) is 20.8 Å². The van der Waals surface area contributed by atoms with Gasteiger partial charge < -0.3 is 9.63 Å². The van der Waals surface area contributed by atoms with Crippen molar-refractivity contribution in [2.24, 2.45) is 7.05 Å². The molecule has 6 heteroatoms. The van der Waals surface area contributed by atoms with Gasteiger partial charge in [0.05, 0.1) is 6.20 Å². The summed E-state index contributed by atoms with van der Waals surface area (Å²) in [7, 11) is 1.56. The van der Waals surface area contributed by atoms with E-state index < -0.39 is 0 Å². The third-order valence-corrected chi connectivity index (χ3v) is 2.50. The smallest absolute Gasteiger partial charge is 0.336 e. The molecular weight excluding hydrogens is 222 g/mol. The third kappa shape index (κ3) is 1.86. The van der Waals surface area contributed by atoms with Gasteiger partial charge in [0.1, 0.15) is 5.76 Å². The lowest BCUT2D eigenvalue weighted by Gasteiger charge is -2.11. The lowest BCUT2D eigenvalue weighted by molar-refractivity contribution is 0.326. The van der Waals surface area contributed by atoms with Crippen LogP contribution < -0.4 is 5.69 Å². The summed E-state index contributed by atoms with van der Waals surface area (Å²) in [4.78, 5) is 11.7. The van der Waals surface area contributed by atoms with Crippen molar-refractivity contribution in [3.63, 3.8) is 0 Å². The van der Waals surface area contributed by atoms with E-state index in [2.05, 4.69) is 5.16 Å². The first-order chi connectivity index (χ1) is 7.80. The summed E-state index contributed by atoms with van der Waals surface area (Å²) in [5.74, 6) is 0.784. The summed E-state index contributed by atoms with van der Waals surface area (Å²) in [5.41, 5.74) is -0.560. The molecule has 0 saturated heterocycles. The summed E-state index contributed by atoms with van der Waals surface area (Å²) in [6.45, 7) is 5.93. The van der Waals surface area contributed by atoms with Crippen molar-refractivity contribution in [2.45, 2.75) is 26.2 Å². The van der Waals surface area contributed by atoms with E-state index in [0.29, 0.717) is 5.76 Å². The lowest BCUT2D eigenvalue weighted by Crippen LogP contribution is -2.20. The summed E-state index contributed by atoms with van der Waals surface area (Å²) in [6, 6.07) is 1.65. The molecule has 1 N–H and O–H groups in total. The Bertz CT molecular complexity index is 598. The molecular formula is C11H15N3O3. The Balaban J connectivity index is 2.55. The van der Waals surface area contributed by atoms with Crippen LogP contribution in [0.1, 0.15) is 26.5 Å². The first-order valence-electron chi connectivity index (χ1n) is 5.25. The van der Waals surface area contributed by atoms with Gasteiger partial charge in [-0.1, -0.05) is 25.9 Å². The van der Waals surface area contributed by atoms with E-state index >= 15 is 0 Å². The van der Waals surface area contributed by atoms with Crippen molar-refractivity contribution in [1.82, 2.24) is 14.3 Å². The third-order valence-electron chi connectivity index (χ3n) is 2.50. The predicted molar refractivity (Wildman–Crippen MR) is 61.4 cm³/mol. The predicted octanol–water partition coefficient (Wildman–Crippen LogP) is 1.17. The molecule has 0 saturated carbocycles. The van der Waals surface area contributed by atoms with Gasteiger partial charge in [-0.15, -0.1) is 0 Å². The number of nitrogens with zero attached hydrogens (tertiary/aromatic N) is 3. The van der Waals surface area contributed by atoms with Gasteiger partial charge in [-0.3, -0.25) is 4.57 Å². The molecule has 17 heavy (non-hydrogen) atoms. The molecule has 0 bridgehead atoms. The Morgan fingerprint density at radius 3 is 2.47 bits per heavy atom. The lowest BCUT2D eigenvalue weighted by atomic mass is 9.93. The van der Waals surface area contributed by atoms with Crippen LogP contribution in [0.5, 0.6) is 5.88 Å². The first kappa shape index (κ1) is 11.5. The molecule has 2 aromatic rings. The maximum absolute atomic E-state index is 11.7. The molecule has 0 atom stereocenters. The van der Waals surface area contributed by atoms with Crippen LogP contribution in [-0.2, 0) is 12.5 Å². The molecule has 0 spiro atoms. The molecule has 0 aliphatic rings. The van der Waals surface area contributed by atoms with Crippen molar-refractivity contribution in [3.8, 4) is 11.7 Å². The van der Waals surface area contributed by atoms with Crippen molar-refractivity contribution in [1.29, 1.82) is 0 Å². The molecule has 0 unspecified atom stereocenters. The molecule has 92 valence electrons. The Hall–Kier alpha value is -1.98. The summed E-state index contributed by atoms with van der Waals surface area (Å²) < 4.78 is 7.55. The van der Waals surface area contributed by atoms with Crippen LogP contribution in [0.15, 0.2) is 21.6 Å². The van der Waals surface area contributed by atoms with Crippen LogP contribution in [-0.4, -0.2) is 19.4 Å². The second-order valence-electron chi connectivity index (χ2n) is 5.02. The van der Waals surface area contributed by atoms with Gasteiger partial charge in [0.25, 0.3) is 0 Å². The largest absolute Gasteiger partial charge is 0.493 e. The molecule has 0 fully saturated rings. The summed E-state index contributed by atoms with van der Waals surface area (Å²) in [5, 5.41) is 13.4. The minimum absolute atomic E-state index is 0.161. The highest BCUT2D eigenvalue weighted by molar-refractivity contribution is 5.29. The molecule has 0 radical (unpaired) electrons. The maximum Gasteiger partial charge on any atom is 0.336 e. The SMILES string of the molecule is Cn1cc(O)n(-c2cc(C(C)(C)C)on2)c1=O. The number of hydrogen-bond donors (Lipinski definition) is 1. The molecule has 2 rings (SSSR count). The monoisotopic (exact) mass is 237 g/mol. The van der Waals surface area contributed by atoms with Gasteiger partial charge in [-0.2, -0.15) is 0 Å². The van der Waals surface area contributed by atoms with Gasteiger partial charge in [0.15, 0.2) is 5.82 Å². The van der Waals surface area contributed by atoms with Crippen LogP contribution in [0.4, 0.5) is 0 Å². The minimum Gasteiger partial charge on any atom is -0.493 e. The zero-order chi connectivity index (χ0) is 12.8. The molecule has 0 aromatic carbocycles. The number of aryl methyl sites for hydroxylation is 1. The topological polar surface area (TPSA) is 73.2 Å². The van der Waals surface area contributed by atoms with Gasteiger partial charge >= 0.3 is 5.69 Å². The van der Waals surface area contributed by atoms with Crippen molar-refractivity contribution in [3.05, 3.63) is 28.5 Å². The summed E-state index contributed by atoms with van der Waals surface area (Å²) >= 11 is 0. The van der Waals surface area contributed by atoms with Crippen LogP contribution >= 0.6 is 0 Å². The minimum atomic E-state index is -0.365. The van der Waals surface area contributed by atoms with Gasteiger partial charge in [-0.25, -0.2) is 9.36 Å². The van der Waals surface area contributed by atoms with Gasteiger partial charge in [0.2, 0.25) is 5.88 Å². The van der Waals surface area contributed by atoms with E-state index in [-0.39, 0.29) is 22.8 Å². The van der Waals surface area contributed by atoms with Gasteiger partial charge in [0, 0.05) is 18.5 Å². The highest BCUT2D eigenvalue weighted by Crippen LogP contribution is 2.24. The fourth-order valence-electron chi connectivity index (χ4n) is 1.48. The Morgan fingerprint density at radius 2 is 2.06 bits per heavy atom. The fourth-order valence-corrected chi connectivity index (χ4v) is 1.48. The highest BCUT2D eigenvalue weighted by Gasteiger charge is 2.22. The van der Waals surface area contributed by atoms with Crippen LogP contribution in [0.3, 0.4) is 0 Å². The highest BCUT2D eigenvalue weighted by atomic mass is 16.5. The van der Waals surface area contributed by atoms with Crippen LogP contribution in [0.2, 0.25) is 0 Å². The molecule has 6 nitrogen and oxygen atoms in total. The molecule has 2 aromatic heterocycles. The van der Waals surface area contributed by atoms with Crippen LogP contribution in [0, 0.1) is 0 Å². The van der Waals surface area contributed by atoms with Gasteiger partial charge in [-0.05, 0) is 0 Å². The fraction of sp³-hybridized carbons (Fsp3) is 0.455. The molecule has 0 aliphatic heterocycles. The standard InChI is InChI=1S/C11H15N3O3/c1-11(2,3)7-5-8(12-17-7)14-9(15)6-13(4)10(14)16/h5-6,15H,1-4H3. The number of hydrogen-bond acceptors (Lipinski definition) is 4. The normalized spacial score (nSPS) is 12.0. The van der Waals surface area contributed by atoms with E-state index in [1.54, 1.807) is 13.1 Å². The quantitative estimate of drug-likeness (QED) is 0.808. The Kier molecular flexibility index (Phi) is 2.38. The number of imidazole rings is 1. The van der Waals surface area contributed by atoms with E-state index in [0.717, 1.165) is 4.57 Å². The second kappa shape index (κ2) is 3.51. The molecule has 0 aliphatic carbocycles. The van der Waals surface area contributed by atoms with Crippen molar-refractivity contribution >= 4 is 0 Å². The van der Waals surface area contributed by atoms with Crippen molar-refractivity contribution < 1.29 is 9.63 Å². The Morgan fingerprint density at radius 1 is 1.41 bits per heavy atom. The number of aromatic nitrogens is 3. The molecule has 2 heterocycles.